The highest BCUT2D eigenvalue weighted by Gasteiger charge is 2.31. The summed E-state index contributed by atoms with van der Waals surface area (Å²) in [4.78, 5) is 67.3. The highest BCUT2D eigenvalue weighted by molar-refractivity contribution is 7.99. The zero-order valence-electron chi connectivity index (χ0n) is 24.7. The van der Waals surface area contributed by atoms with Gasteiger partial charge in [0.25, 0.3) is 0 Å². The molecule has 1 saturated heterocycles. The maximum atomic E-state index is 13.1. The molecule has 0 aromatic heterocycles. The van der Waals surface area contributed by atoms with E-state index in [-0.39, 0.29) is 56.4 Å². The predicted octanol–water partition coefficient (Wildman–Crippen LogP) is 3.32. The normalized spacial score (nSPS) is 15.0. The molecular formula is C29H44N4O6S3. The molecular weight excluding hydrogens is 597 g/mol. The Morgan fingerprint density at radius 2 is 1.17 bits per heavy atom. The monoisotopic (exact) mass is 640 g/mol. The number of hydrogen-bond donors (Lipinski definition) is 2. The summed E-state index contributed by atoms with van der Waals surface area (Å²) < 4.78 is 0. The third-order valence-electron chi connectivity index (χ3n) is 6.40. The quantitative estimate of drug-likeness (QED) is 0.181. The molecule has 42 heavy (non-hydrogen) atoms. The van der Waals surface area contributed by atoms with E-state index < -0.39 is 17.9 Å². The van der Waals surface area contributed by atoms with Gasteiger partial charge in [-0.1, -0.05) is 51.1 Å². The Morgan fingerprint density at radius 1 is 0.738 bits per heavy atom. The smallest absolute Gasteiger partial charge is 0.307 e. The number of carbonyl (C=O) groups is 5. The van der Waals surface area contributed by atoms with E-state index in [2.05, 4.69) is 13.8 Å². The molecule has 234 valence electrons. The van der Waals surface area contributed by atoms with Gasteiger partial charge in [0.1, 0.15) is 0 Å². The van der Waals surface area contributed by atoms with Crippen LogP contribution in [0.4, 0.5) is 0 Å². The first kappa shape index (κ1) is 36.0. The van der Waals surface area contributed by atoms with Gasteiger partial charge >= 0.3 is 5.97 Å². The largest absolute Gasteiger partial charge is 0.481 e. The molecule has 2 atom stereocenters. The Labute approximate surface area is 261 Å². The van der Waals surface area contributed by atoms with Gasteiger partial charge in [0.2, 0.25) is 17.7 Å². The van der Waals surface area contributed by atoms with Crippen LogP contribution in [0.3, 0.4) is 0 Å². The fourth-order valence-corrected chi connectivity index (χ4v) is 6.76. The lowest BCUT2D eigenvalue weighted by Crippen LogP contribution is -2.59. The molecule has 0 saturated carbocycles. The maximum Gasteiger partial charge on any atom is 0.307 e. The van der Waals surface area contributed by atoms with Gasteiger partial charge in [-0.2, -0.15) is 35.3 Å². The van der Waals surface area contributed by atoms with Crippen LogP contribution >= 0.6 is 35.3 Å². The van der Waals surface area contributed by atoms with Gasteiger partial charge in [-0.25, -0.2) is 0 Å². The van der Waals surface area contributed by atoms with Crippen LogP contribution in [0.1, 0.15) is 50.4 Å². The Kier molecular flexibility index (Phi) is 16.4. The van der Waals surface area contributed by atoms with Crippen molar-refractivity contribution >= 4 is 64.8 Å². The molecule has 1 aromatic rings. The maximum absolute atomic E-state index is 13.1. The topological polar surface area (TPSA) is 141 Å². The van der Waals surface area contributed by atoms with Gasteiger partial charge in [-0.05, 0) is 11.7 Å². The van der Waals surface area contributed by atoms with Gasteiger partial charge in [-0.3, -0.25) is 24.0 Å². The number of nitrogens with two attached hydrogens (primary N) is 1. The van der Waals surface area contributed by atoms with Crippen LogP contribution in [-0.2, 0) is 19.2 Å². The number of amides is 3. The van der Waals surface area contributed by atoms with Crippen molar-refractivity contribution in [3.8, 4) is 0 Å². The first-order chi connectivity index (χ1) is 20.0. The lowest BCUT2D eigenvalue weighted by molar-refractivity contribution is -0.158. The van der Waals surface area contributed by atoms with Crippen LogP contribution in [0.2, 0.25) is 0 Å². The lowest BCUT2D eigenvalue weighted by atomic mass is 10.1. The molecule has 3 amide bonds. The standard InChI is InChI=1S/C29H44N4O6S3/c1-21(2)15-40-12-9-25(34)31-18-32(26(35)10-13-41-16-22(3)29(38)39)20-33(19-31)27(36)11-14-42-17-24(30)28(37)23-7-5-4-6-8-23/h4-8,21-22,24H,9-20,30H2,1-3H3,(H,38,39)/t22-,24-/m0/s1. The van der Waals surface area contributed by atoms with E-state index in [1.165, 1.54) is 33.3 Å². The van der Waals surface area contributed by atoms with Crippen LogP contribution in [0, 0.1) is 11.8 Å². The summed E-state index contributed by atoms with van der Waals surface area (Å²) in [6, 6.07) is 8.19. The number of Topliss-reactive ketones (excluding diaryl/α,β-unsaturated/α-hetero) is 1. The Balaban J connectivity index is 1.91. The van der Waals surface area contributed by atoms with E-state index in [0.29, 0.717) is 46.7 Å². The summed E-state index contributed by atoms with van der Waals surface area (Å²) in [6.07, 6.45) is 0.705. The molecule has 0 unspecified atom stereocenters. The zero-order chi connectivity index (χ0) is 31.1. The van der Waals surface area contributed by atoms with Crippen molar-refractivity contribution in [2.45, 2.75) is 46.1 Å². The van der Waals surface area contributed by atoms with Crippen molar-refractivity contribution in [1.82, 2.24) is 14.7 Å². The predicted molar refractivity (Wildman–Crippen MR) is 171 cm³/mol. The van der Waals surface area contributed by atoms with Crippen molar-refractivity contribution in [3.05, 3.63) is 35.9 Å². The van der Waals surface area contributed by atoms with Gasteiger partial charge in [0.15, 0.2) is 5.78 Å². The highest BCUT2D eigenvalue weighted by atomic mass is 32.2. The van der Waals surface area contributed by atoms with Crippen molar-refractivity contribution in [2.24, 2.45) is 17.6 Å². The fraction of sp³-hybridized carbons (Fsp3) is 0.621. The number of nitrogens with zero attached hydrogens (tertiary/aromatic N) is 3. The van der Waals surface area contributed by atoms with E-state index in [4.69, 9.17) is 10.8 Å². The van der Waals surface area contributed by atoms with E-state index in [1.54, 1.807) is 47.9 Å². The molecule has 1 heterocycles. The molecule has 10 nitrogen and oxygen atoms in total. The summed E-state index contributed by atoms with van der Waals surface area (Å²) in [5, 5.41) is 9.05. The average Bonchev–Trinajstić information content (AvgIpc) is 2.98. The summed E-state index contributed by atoms with van der Waals surface area (Å²) in [6.45, 7) is 6.22. The molecule has 1 aliphatic heterocycles. The van der Waals surface area contributed by atoms with Crippen molar-refractivity contribution in [3.63, 3.8) is 0 Å². The first-order valence-electron chi connectivity index (χ1n) is 14.1. The van der Waals surface area contributed by atoms with Crippen molar-refractivity contribution in [1.29, 1.82) is 0 Å². The fourth-order valence-electron chi connectivity index (χ4n) is 3.93. The summed E-state index contributed by atoms with van der Waals surface area (Å²) in [5.41, 5.74) is 6.63. The van der Waals surface area contributed by atoms with Crippen molar-refractivity contribution < 1.29 is 29.1 Å². The van der Waals surface area contributed by atoms with Gasteiger partial charge in [0.05, 0.1) is 32.0 Å². The second-order valence-corrected chi connectivity index (χ2v) is 14.1. The van der Waals surface area contributed by atoms with Crippen molar-refractivity contribution in [2.75, 3.05) is 54.5 Å². The van der Waals surface area contributed by atoms with Crippen LogP contribution in [-0.4, -0.2) is 110 Å². The number of aliphatic carboxylic acids is 1. The third kappa shape index (κ3) is 13.0. The molecule has 2 rings (SSSR count). The summed E-state index contributed by atoms with van der Waals surface area (Å²) in [5.74, 6) is 1.87. The number of carboxylic acids is 1. The Morgan fingerprint density at radius 3 is 1.60 bits per heavy atom. The third-order valence-corrected chi connectivity index (χ3v) is 10.1. The van der Waals surface area contributed by atoms with E-state index in [0.717, 1.165) is 5.75 Å². The molecule has 0 radical (unpaired) electrons. The zero-order valence-corrected chi connectivity index (χ0v) is 27.2. The SMILES string of the molecule is CC(C)CSCCC(=O)N1CN(C(=O)CCSC[C@H](C)C(=O)O)CN(C(=O)CCSC[C@H](N)C(=O)c2ccccc2)C1. The molecule has 1 aliphatic rings. The number of carboxylic acid groups (broad SMARTS) is 1. The Bertz CT molecular complexity index is 1050. The van der Waals surface area contributed by atoms with Gasteiger partial charge < -0.3 is 25.5 Å². The second kappa shape index (κ2) is 19.1. The van der Waals surface area contributed by atoms with Gasteiger partial charge in [0, 0.05) is 53.6 Å². The first-order valence-corrected chi connectivity index (χ1v) is 17.6. The van der Waals surface area contributed by atoms with E-state index >= 15 is 0 Å². The van der Waals surface area contributed by atoms with E-state index in [1.807, 2.05) is 6.07 Å². The summed E-state index contributed by atoms with van der Waals surface area (Å²) >= 11 is 4.53. The average molecular weight is 641 g/mol. The number of benzene rings is 1. The number of carbonyl (C=O) groups excluding carboxylic acids is 4. The number of hydrogen-bond acceptors (Lipinski definition) is 9. The number of rotatable bonds is 18. The molecule has 0 spiro atoms. The van der Waals surface area contributed by atoms with Crippen LogP contribution in [0.5, 0.6) is 0 Å². The minimum absolute atomic E-state index is 0.0937. The Hall–Kier alpha value is -2.22. The van der Waals surface area contributed by atoms with Crippen LogP contribution in [0.25, 0.3) is 0 Å². The number of ketones is 1. The summed E-state index contributed by atoms with van der Waals surface area (Å²) in [7, 11) is 0. The van der Waals surface area contributed by atoms with Gasteiger partial charge in [-0.15, -0.1) is 0 Å². The minimum atomic E-state index is -0.873. The molecule has 1 fully saturated rings. The van der Waals surface area contributed by atoms with Crippen LogP contribution in [0.15, 0.2) is 30.3 Å². The molecule has 1 aromatic carbocycles. The molecule has 0 bridgehead atoms. The molecule has 3 N–H and O–H groups in total. The molecule has 0 aliphatic carbocycles. The van der Waals surface area contributed by atoms with Crippen LogP contribution < -0.4 is 5.73 Å². The lowest BCUT2D eigenvalue weighted by Gasteiger charge is -2.42. The van der Waals surface area contributed by atoms with E-state index in [9.17, 15) is 24.0 Å². The highest BCUT2D eigenvalue weighted by Crippen LogP contribution is 2.17. The number of thioether (sulfide) groups is 3. The minimum Gasteiger partial charge on any atom is -0.481 e. The second-order valence-electron chi connectivity index (χ2n) is 10.7. The molecule has 13 heteroatoms.